The zero-order valence-electron chi connectivity index (χ0n) is 16.7. The fourth-order valence-corrected chi connectivity index (χ4v) is 3.61. The first-order valence-corrected chi connectivity index (χ1v) is 9.97. The molecule has 0 radical (unpaired) electrons. The Hall–Kier alpha value is -1.72. The number of hydrogen-bond donors (Lipinski definition) is 2. The molecule has 0 spiro atoms. The van der Waals surface area contributed by atoms with E-state index in [9.17, 15) is 0 Å². The zero-order chi connectivity index (χ0) is 20.0. The molecule has 1 heterocycles. The van der Waals surface area contributed by atoms with E-state index in [4.69, 9.17) is 23.2 Å². The van der Waals surface area contributed by atoms with Crippen molar-refractivity contribution in [1.82, 2.24) is 20.4 Å². The molecule has 0 aliphatic rings. The molecule has 0 amide bonds. The van der Waals surface area contributed by atoms with Crippen LogP contribution in [-0.2, 0) is 19.9 Å². The molecule has 2 aromatic rings. The van der Waals surface area contributed by atoms with Gasteiger partial charge in [-0.2, -0.15) is 5.10 Å². The van der Waals surface area contributed by atoms with Crippen molar-refractivity contribution in [2.45, 2.75) is 46.1 Å². The second-order valence-electron chi connectivity index (χ2n) is 6.86. The molecule has 27 heavy (non-hydrogen) atoms. The molecule has 7 heteroatoms. The third kappa shape index (κ3) is 6.15. The lowest BCUT2D eigenvalue weighted by molar-refractivity contribution is 0.631. The Bertz CT molecular complexity index is 798. The number of nitrogens with zero attached hydrogens (tertiary/aromatic N) is 3. The van der Waals surface area contributed by atoms with Crippen molar-refractivity contribution in [3.63, 3.8) is 0 Å². The van der Waals surface area contributed by atoms with Crippen LogP contribution in [0.1, 0.15) is 35.9 Å². The van der Waals surface area contributed by atoms with Crippen LogP contribution in [0.3, 0.4) is 0 Å². The summed E-state index contributed by atoms with van der Waals surface area (Å²) in [5, 5.41) is 12.7. The molecule has 2 rings (SSSR count). The monoisotopic (exact) mass is 409 g/mol. The van der Waals surface area contributed by atoms with Gasteiger partial charge in [-0.25, -0.2) is 0 Å². The predicted octanol–water partition coefficient (Wildman–Crippen LogP) is 4.07. The van der Waals surface area contributed by atoms with Crippen LogP contribution in [-0.4, -0.2) is 35.4 Å². The number of rotatable bonds is 7. The maximum absolute atomic E-state index is 6.22. The van der Waals surface area contributed by atoms with Gasteiger partial charge in [0, 0.05) is 42.4 Å². The van der Waals surface area contributed by atoms with E-state index >= 15 is 0 Å². The van der Waals surface area contributed by atoms with E-state index < -0.39 is 0 Å². The van der Waals surface area contributed by atoms with E-state index in [1.807, 2.05) is 23.9 Å². The maximum Gasteiger partial charge on any atom is 0.191 e. The Balaban J connectivity index is 1.79. The molecule has 1 atom stereocenters. The minimum absolute atomic E-state index is 0.253. The SMILES string of the molecule is CN=C(NCCCc1ccc(Cl)cc1Cl)NC(C)Cc1c(C)nn(C)c1C. The quantitative estimate of drug-likeness (QED) is 0.411. The van der Waals surface area contributed by atoms with Crippen LogP contribution in [0.2, 0.25) is 10.0 Å². The molecule has 5 nitrogen and oxygen atoms in total. The Morgan fingerprint density at radius 2 is 2.04 bits per heavy atom. The van der Waals surface area contributed by atoms with E-state index in [1.54, 1.807) is 13.1 Å². The topological polar surface area (TPSA) is 54.2 Å². The van der Waals surface area contributed by atoms with E-state index in [0.29, 0.717) is 5.02 Å². The summed E-state index contributed by atoms with van der Waals surface area (Å²) in [7, 11) is 3.77. The second kappa shape index (κ2) is 10.00. The van der Waals surface area contributed by atoms with Crippen molar-refractivity contribution in [3.8, 4) is 0 Å². The molecular formula is C20H29Cl2N5. The summed E-state index contributed by atoms with van der Waals surface area (Å²) >= 11 is 12.2. The van der Waals surface area contributed by atoms with Gasteiger partial charge >= 0.3 is 0 Å². The molecule has 1 aromatic carbocycles. The minimum Gasteiger partial charge on any atom is -0.356 e. The highest BCUT2D eigenvalue weighted by Crippen LogP contribution is 2.21. The van der Waals surface area contributed by atoms with Crippen molar-refractivity contribution in [2.24, 2.45) is 12.0 Å². The predicted molar refractivity (Wildman–Crippen MR) is 115 cm³/mol. The fourth-order valence-electron chi connectivity index (χ4n) is 3.11. The average molecular weight is 410 g/mol. The average Bonchev–Trinajstić information content (AvgIpc) is 2.85. The van der Waals surface area contributed by atoms with Crippen LogP contribution in [0.4, 0.5) is 0 Å². The normalized spacial score (nSPS) is 12.9. The molecule has 0 saturated carbocycles. The van der Waals surface area contributed by atoms with Gasteiger partial charge in [0.05, 0.1) is 5.69 Å². The third-order valence-electron chi connectivity index (χ3n) is 4.71. The van der Waals surface area contributed by atoms with E-state index in [-0.39, 0.29) is 6.04 Å². The summed E-state index contributed by atoms with van der Waals surface area (Å²) in [5.74, 6) is 0.809. The van der Waals surface area contributed by atoms with Gasteiger partial charge in [-0.3, -0.25) is 9.67 Å². The molecule has 0 saturated heterocycles. The zero-order valence-corrected chi connectivity index (χ0v) is 18.2. The standard InChI is InChI=1S/C20H29Cl2N5/c1-13(11-18-14(2)26-27(5)15(18)3)25-20(23-4)24-10-6-7-16-8-9-17(21)12-19(16)22/h8-9,12-13H,6-7,10-11H2,1-5H3,(H2,23,24,25). The van der Waals surface area contributed by atoms with Gasteiger partial charge in [0.25, 0.3) is 0 Å². The van der Waals surface area contributed by atoms with E-state index in [0.717, 1.165) is 48.0 Å². The highest BCUT2D eigenvalue weighted by molar-refractivity contribution is 6.35. The van der Waals surface area contributed by atoms with E-state index in [2.05, 4.69) is 41.5 Å². The van der Waals surface area contributed by atoms with Crippen LogP contribution in [0.25, 0.3) is 0 Å². The van der Waals surface area contributed by atoms with Crippen LogP contribution >= 0.6 is 23.2 Å². The number of benzene rings is 1. The highest BCUT2D eigenvalue weighted by atomic mass is 35.5. The molecule has 148 valence electrons. The number of aryl methyl sites for hydroxylation is 3. The Morgan fingerprint density at radius 3 is 2.63 bits per heavy atom. The van der Waals surface area contributed by atoms with E-state index in [1.165, 1.54) is 11.3 Å². The lowest BCUT2D eigenvalue weighted by Crippen LogP contribution is -2.43. The molecule has 1 unspecified atom stereocenters. The lowest BCUT2D eigenvalue weighted by atomic mass is 10.1. The van der Waals surface area contributed by atoms with Crippen molar-refractivity contribution in [1.29, 1.82) is 0 Å². The van der Waals surface area contributed by atoms with Crippen molar-refractivity contribution >= 4 is 29.2 Å². The maximum atomic E-state index is 6.22. The third-order valence-corrected chi connectivity index (χ3v) is 5.29. The van der Waals surface area contributed by atoms with Crippen molar-refractivity contribution in [3.05, 3.63) is 50.8 Å². The Morgan fingerprint density at radius 1 is 1.30 bits per heavy atom. The first-order chi connectivity index (χ1) is 12.8. The molecule has 2 N–H and O–H groups in total. The molecule has 1 aromatic heterocycles. The first kappa shape index (κ1) is 21.6. The minimum atomic E-state index is 0.253. The summed E-state index contributed by atoms with van der Waals surface area (Å²) < 4.78 is 1.94. The highest BCUT2D eigenvalue weighted by Gasteiger charge is 2.14. The molecule has 0 fully saturated rings. The molecule has 0 aliphatic carbocycles. The van der Waals surface area contributed by atoms with Gasteiger partial charge in [0.2, 0.25) is 0 Å². The summed E-state index contributed by atoms with van der Waals surface area (Å²) in [6.07, 6.45) is 2.76. The van der Waals surface area contributed by atoms with Crippen LogP contribution in [0.5, 0.6) is 0 Å². The fraction of sp³-hybridized carbons (Fsp3) is 0.500. The molecular weight excluding hydrogens is 381 g/mol. The van der Waals surface area contributed by atoms with Gasteiger partial charge in [-0.1, -0.05) is 29.3 Å². The summed E-state index contributed by atoms with van der Waals surface area (Å²) in [5.41, 5.74) is 4.71. The number of aromatic nitrogens is 2. The number of nitrogens with one attached hydrogen (secondary N) is 2. The van der Waals surface area contributed by atoms with Gasteiger partial charge in [-0.15, -0.1) is 0 Å². The summed E-state index contributed by atoms with van der Waals surface area (Å²) in [4.78, 5) is 4.32. The van der Waals surface area contributed by atoms with Crippen LogP contribution < -0.4 is 10.6 Å². The first-order valence-electron chi connectivity index (χ1n) is 9.22. The molecule has 0 aliphatic heterocycles. The van der Waals surface area contributed by atoms with Crippen LogP contribution in [0, 0.1) is 13.8 Å². The number of aliphatic imine (C=N–C) groups is 1. The van der Waals surface area contributed by atoms with Gasteiger partial charge in [-0.05, 0) is 63.3 Å². The smallest absolute Gasteiger partial charge is 0.191 e. The Kier molecular flexibility index (Phi) is 7.99. The lowest BCUT2D eigenvalue weighted by Gasteiger charge is -2.18. The number of hydrogen-bond acceptors (Lipinski definition) is 2. The molecule has 0 bridgehead atoms. The Labute approximate surface area is 172 Å². The number of guanidine groups is 1. The van der Waals surface area contributed by atoms with Crippen molar-refractivity contribution in [2.75, 3.05) is 13.6 Å². The van der Waals surface area contributed by atoms with Crippen molar-refractivity contribution < 1.29 is 0 Å². The van der Waals surface area contributed by atoms with Gasteiger partial charge < -0.3 is 10.6 Å². The van der Waals surface area contributed by atoms with Gasteiger partial charge in [0.1, 0.15) is 0 Å². The summed E-state index contributed by atoms with van der Waals surface area (Å²) in [6, 6.07) is 5.90. The largest absolute Gasteiger partial charge is 0.356 e. The second-order valence-corrected chi connectivity index (χ2v) is 7.70. The van der Waals surface area contributed by atoms with Gasteiger partial charge in [0.15, 0.2) is 5.96 Å². The van der Waals surface area contributed by atoms with Crippen LogP contribution in [0.15, 0.2) is 23.2 Å². The summed E-state index contributed by atoms with van der Waals surface area (Å²) in [6.45, 7) is 7.14. The number of halogens is 2.